The van der Waals surface area contributed by atoms with E-state index in [9.17, 15) is 5.21 Å². The van der Waals surface area contributed by atoms with Crippen molar-refractivity contribution in [1.29, 1.82) is 0 Å². The molecule has 0 saturated heterocycles. The third kappa shape index (κ3) is 4.51. The largest absolute Gasteiger partial charge is 0.493 e. The number of hydrogen-bond acceptors (Lipinski definition) is 5. The van der Waals surface area contributed by atoms with Crippen LogP contribution in [0.15, 0.2) is 33.9 Å². The van der Waals surface area contributed by atoms with Crippen LogP contribution in [0.2, 0.25) is 0 Å². The highest BCUT2D eigenvalue weighted by atomic mass is 79.9. The van der Waals surface area contributed by atoms with Gasteiger partial charge in [-0.05, 0) is 43.4 Å². The minimum atomic E-state index is 0.294. The smallest absolute Gasteiger partial charge is 0.161 e. The van der Waals surface area contributed by atoms with Gasteiger partial charge in [0.2, 0.25) is 0 Å². The normalized spacial score (nSPS) is 20.4. The highest BCUT2D eigenvalue weighted by molar-refractivity contribution is 9.11. The molecule has 0 amide bonds. The summed E-state index contributed by atoms with van der Waals surface area (Å²) in [6, 6.07) is 5.97. The molecule has 0 unspecified atom stereocenters. The molecule has 6 heteroatoms. The Morgan fingerprint density at radius 3 is 2.79 bits per heavy atom. The summed E-state index contributed by atoms with van der Waals surface area (Å²) in [5, 5.41) is 10.8. The molecule has 3 rings (SSSR count). The molecule has 1 heterocycles. The van der Waals surface area contributed by atoms with Gasteiger partial charge in [0.05, 0.1) is 26.3 Å². The van der Waals surface area contributed by atoms with E-state index in [0.717, 1.165) is 51.6 Å². The van der Waals surface area contributed by atoms with E-state index in [0.29, 0.717) is 19.2 Å². The predicted octanol–water partition coefficient (Wildman–Crippen LogP) is 4.29. The van der Waals surface area contributed by atoms with Crippen LogP contribution in [0.5, 0.6) is 11.5 Å². The topological polar surface area (TPSA) is 54.3 Å². The van der Waals surface area contributed by atoms with Crippen LogP contribution in [0, 0.1) is 0 Å². The fraction of sp³-hybridized carbons (Fsp3) is 0.500. The van der Waals surface area contributed by atoms with E-state index in [1.165, 1.54) is 12.8 Å². The Bertz CT molecular complexity index is 639. The Morgan fingerprint density at radius 2 is 2.08 bits per heavy atom. The van der Waals surface area contributed by atoms with Crippen LogP contribution in [0.1, 0.15) is 37.7 Å². The van der Waals surface area contributed by atoms with Crippen molar-refractivity contribution < 1.29 is 14.7 Å². The standard InChI is InChI=1S/C18H23BrN2O3/c1-23-17-7-6-13(8-18(17)24-16-4-2-3-5-16)10-20-15-9-14(19)11-21(22)12-15/h6-8,11,16,22H,2-5,9-10,12H2,1H3. The van der Waals surface area contributed by atoms with E-state index in [4.69, 9.17) is 9.47 Å². The van der Waals surface area contributed by atoms with Crippen LogP contribution >= 0.6 is 15.9 Å². The van der Waals surface area contributed by atoms with Gasteiger partial charge in [-0.2, -0.15) is 0 Å². The maximum atomic E-state index is 9.63. The zero-order chi connectivity index (χ0) is 16.9. The molecule has 1 N–H and O–H groups in total. The van der Waals surface area contributed by atoms with Crippen molar-refractivity contribution in [2.45, 2.75) is 44.8 Å². The second kappa shape index (κ2) is 8.03. The highest BCUT2D eigenvalue weighted by Crippen LogP contribution is 2.32. The number of nitrogens with zero attached hydrogens (tertiary/aromatic N) is 2. The van der Waals surface area contributed by atoms with Gasteiger partial charge in [-0.3, -0.25) is 15.3 Å². The first-order valence-electron chi connectivity index (χ1n) is 8.31. The lowest BCUT2D eigenvalue weighted by Gasteiger charge is -2.20. The molecule has 1 aromatic rings. The lowest BCUT2D eigenvalue weighted by Crippen LogP contribution is -2.26. The minimum absolute atomic E-state index is 0.294. The SMILES string of the molecule is COc1ccc(CN=C2CC(Br)=CN(O)C2)cc1OC1CCCC1. The maximum absolute atomic E-state index is 9.63. The number of benzene rings is 1. The van der Waals surface area contributed by atoms with Crippen molar-refractivity contribution in [2.75, 3.05) is 13.7 Å². The number of aliphatic imine (C=N–C) groups is 1. The van der Waals surface area contributed by atoms with Crippen LogP contribution < -0.4 is 9.47 Å². The molecule has 1 fully saturated rings. The molecule has 24 heavy (non-hydrogen) atoms. The summed E-state index contributed by atoms with van der Waals surface area (Å²) < 4.78 is 12.5. The maximum Gasteiger partial charge on any atom is 0.161 e. The Kier molecular flexibility index (Phi) is 5.79. The quantitative estimate of drug-likeness (QED) is 0.808. The monoisotopic (exact) mass is 394 g/mol. The third-order valence-corrected chi connectivity index (χ3v) is 4.80. The van der Waals surface area contributed by atoms with Crippen molar-refractivity contribution in [2.24, 2.45) is 4.99 Å². The zero-order valence-electron chi connectivity index (χ0n) is 13.9. The van der Waals surface area contributed by atoms with Crippen LogP contribution in [-0.2, 0) is 6.54 Å². The summed E-state index contributed by atoms with van der Waals surface area (Å²) in [6.45, 7) is 1.01. The summed E-state index contributed by atoms with van der Waals surface area (Å²) in [7, 11) is 1.67. The Balaban J connectivity index is 1.70. The average molecular weight is 395 g/mol. The molecule has 130 valence electrons. The number of methoxy groups -OCH3 is 1. The van der Waals surface area contributed by atoms with E-state index in [1.807, 2.05) is 18.2 Å². The average Bonchev–Trinajstić information content (AvgIpc) is 3.05. The summed E-state index contributed by atoms with van der Waals surface area (Å²) in [6.07, 6.45) is 7.40. The van der Waals surface area contributed by atoms with Gasteiger partial charge < -0.3 is 9.47 Å². The fourth-order valence-electron chi connectivity index (χ4n) is 3.10. The van der Waals surface area contributed by atoms with Crippen LogP contribution in [0.25, 0.3) is 0 Å². The van der Waals surface area contributed by atoms with Crippen molar-refractivity contribution >= 4 is 21.6 Å². The van der Waals surface area contributed by atoms with Gasteiger partial charge in [0.1, 0.15) is 0 Å². The first-order chi connectivity index (χ1) is 11.6. The summed E-state index contributed by atoms with van der Waals surface area (Å²) in [5.74, 6) is 1.57. The number of halogens is 1. The van der Waals surface area contributed by atoms with Crippen molar-refractivity contribution in [3.8, 4) is 11.5 Å². The summed E-state index contributed by atoms with van der Waals surface area (Å²) in [5.41, 5.74) is 2.02. The Hall–Kier alpha value is -1.53. The summed E-state index contributed by atoms with van der Waals surface area (Å²) in [4.78, 5) is 4.63. The van der Waals surface area contributed by atoms with Crippen molar-refractivity contribution in [3.05, 3.63) is 34.4 Å². The molecule has 0 aromatic heterocycles. The van der Waals surface area contributed by atoms with E-state index in [1.54, 1.807) is 13.3 Å². The van der Waals surface area contributed by atoms with Gasteiger partial charge in [-0.15, -0.1) is 0 Å². The van der Waals surface area contributed by atoms with Gasteiger partial charge >= 0.3 is 0 Å². The van der Waals surface area contributed by atoms with Gasteiger partial charge in [-0.25, -0.2) is 0 Å². The number of hydroxylamine groups is 2. The molecule has 2 aliphatic rings. The molecular weight excluding hydrogens is 372 g/mol. The molecule has 1 aliphatic heterocycles. The minimum Gasteiger partial charge on any atom is -0.493 e. The molecule has 1 aromatic carbocycles. The van der Waals surface area contributed by atoms with E-state index < -0.39 is 0 Å². The van der Waals surface area contributed by atoms with Crippen LogP contribution in [-0.4, -0.2) is 35.7 Å². The summed E-state index contributed by atoms with van der Waals surface area (Å²) >= 11 is 3.42. The van der Waals surface area contributed by atoms with E-state index in [2.05, 4.69) is 20.9 Å². The van der Waals surface area contributed by atoms with Gasteiger partial charge in [0, 0.05) is 22.8 Å². The molecule has 0 radical (unpaired) electrons. The van der Waals surface area contributed by atoms with Gasteiger partial charge in [0.25, 0.3) is 0 Å². The van der Waals surface area contributed by atoms with Crippen LogP contribution in [0.3, 0.4) is 0 Å². The van der Waals surface area contributed by atoms with Gasteiger partial charge in [0.15, 0.2) is 11.5 Å². The Labute approximate surface area is 151 Å². The zero-order valence-corrected chi connectivity index (χ0v) is 15.5. The molecule has 0 spiro atoms. The van der Waals surface area contributed by atoms with E-state index in [-0.39, 0.29) is 0 Å². The fourth-order valence-corrected chi connectivity index (χ4v) is 3.66. The second-order valence-electron chi connectivity index (χ2n) is 6.24. The molecule has 0 atom stereocenters. The number of rotatable bonds is 5. The van der Waals surface area contributed by atoms with Crippen molar-refractivity contribution in [1.82, 2.24) is 5.06 Å². The second-order valence-corrected chi connectivity index (χ2v) is 7.26. The third-order valence-electron chi connectivity index (χ3n) is 4.32. The first kappa shape index (κ1) is 17.3. The molecule has 0 bridgehead atoms. The lowest BCUT2D eigenvalue weighted by atomic mass is 10.1. The molecule has 1 saturated carbocycles. The predicted molar refractivity (Wildman–Crippen MR) is 97.1 cm³/mol. The number of hydrogen-bond donors (Lipinski definition) is 1. The van der Waals surface area contributed by atoms with Crippen LogP contribution in [0.4, 0.5) is 0 Å². The molecular formula is C18H23BrN2O3. The molecule has 1 aliphatic carbocycles. The van der Waals surface area contributed by atoms with Crippen molar-refractivity contribution in [3.63, 3.8) is 0 Å². The number of ether oxygens (including phenoxy) is 2. The van der Waals surface area contributed by atoms with E-state index >= 15 is 0 Å². The number of allylic oxidation sites excluding steroid dienone is 1. The Morgan fingerprint density at radius 1 is 1.29 bits per heavy atom. The van der Waals surface area contributed by atoms with Gasteiger partial charge in [-0.1, -0.05) is 22.0 Å². The highest BCUT2D eigenvalue weighted by Gasteiger charge is 2.19. The first-order valence-corrected chi connectivity index (χ1v) is 9.11. The lowest BCUT2D eigenvalue weighted by molar-refractivity contribution is -0.0274. The molecule has 5 nitrogen and oxygen atoms in total.